The number of hydrogen-bond acceptors (Lipinski definition) is 4. The number of carbonyl (C=O) groups excluding carboxylic acids is 2. The third-order valence-corrected chi connectivity index (χ3v) is 3.59. The van der Waals surface area contributed by atoms with E-state index in [0.717, 1.165) is 5.56 Å². The van der Waals surface area contributed by atoms with E-state index in [1.165, 1.54) is 36.4 Å². The maximum absolute atomic E-state index is 12.4. The summed E-state index contributed by atoms with van der Waals surface area (Å²) in [6, 6.07) is 14.6. The first kappa shape index (κ1) is 20.3. The summed E-state index contributed by atoms with van der Waals surface area (Å²) in [4.78, 5) is 34.9. The molecule has 0 aliphatic rings. The quantitative estimate of drug-likeness (QED) is 0.242. The van der Waals surface area contributed by atoms with E-state index in [-0.39, 0.29) is 23.5 Å². The fraction of sp³-hybridized carbons (Fsp3) is 0.0476. The molecular weight excluding hydrogens is 358 g/mol. The number of nitrogens with zero attached hydrogens (tertiary/aromatic N) is 1. The van der Waals surface area contributed by atoms with E-state index in [1.54, 1.807) is 12.2 Å². The molecule has 0 unspecified atom stereocenters. The topological polar surface area (TPSA) is 101 Å². The Balaban J connectivity index is 2.18. The molecule has 7 heteroatoms. The van der Waals surface area contributed by atoms with Crippen LogP contribution in [0, 0.1) is 10.1 Å². The van der Waals surface area contributed by atoms with Gasteiger partial charge in [-0.25, -0.2) is 0 Å². The van der Waals surface area contributed by atoms with E-state index in [1.807, 2.05) is 30.3 Å². The molecule has 0 saturated carbocycles. The lowest BCUT2D eigenvalue weighted by atomic mass is 10.2. The van der Waals surface area contributed by atoms with Gasteiger partial charge in [0.25, 0.3) is 17.5 Å². The fourth-order valence-corrected chi connectivity index (χ4v) is 2.18. The molecule has 2 N–H and O–H groups in total. The first-order valence-corrected chi connectivity index (χ1v) is 8.39. The molecule has 0 aliphatic heterocycles. The van der Waals surface area contributed by atoms with Gasteiger partial charge in [0.15, 0.2) is 0 Å². The smallest absolute Gasteiger partial charge is 0.269 e. The Bertz CT molecular complexity index is 916. The molecule has 28 heavy (non-hydrogen) atoms. The van der Waals surface area contributed by atoms with E-state index in [4.69, 9.17) is 0 Å². The Labute approximate surface area is 162 Å². The molecule has 2 aromatic rings. The molecule has 0 saturated heterocycles. The predicted molar refractivity (Wildman–Crippen MR) is 107 cm³/mol. The van der Waals surface area contributed by atoms with Gasteiger partial charge < -0.3 is 10.6 Å². The Morgan fingerprint density at radius 1 is 1.07 bits per heavy atom. The van der Waals surface area contributed by atoms with Crippen molar-refractivity contribution in [1.29, 1.82) is 0 Å². The van der Waals surface area contributed by atoms with Crippen molar-refractivity contribution >= 4 is 23.6 Å². The average Bonchev–Trinajstić information content (AvgIpc) is 2.72. The second-order valence-corrected chi connectivity index (χ2v) is 5.61. The molecule has 0 atom stereocenters. The van der Waals surface area contributed by atoms with Crippen LogP contribution in [0.15, 0.2) is 85.1 Å². The monoisotopic (exact) mass is 377 g/mol. The fourth-order valence-electron chi connectivity index (χ4n) is 2.18. The number of nitro benzene ring substituents is 1. The molecule has 2 aromatic carbocycles. The number of nitro groups is 1. The zero-order valence-electron chi connectivity index (χ0n) is 15.0. The number of carbonyl (C=O) groups is 2. The van der Waals surface area contributed by atoms with Crippen molar-refractivity contribution in [3.63, 3.8) is 0 Å². The number of amides is 2. The van der Waals surface area contributed by atoms with Crippen molar-refractivity contribution in [2.24, 2.45) is 0 Å². The van der Waals surface area contributed by atoms with Gasteiger partial charge in [0, 0.05) is 24.2 Å². The van der Waals surface area contributed by atoms with E-state index < -0.39 is 16.7 Å². The Kier molecular flexibility index (Phi) is 7.42. The largest absolute Gasteiger partial charge is 0.347 e. The summed E-state index contributed by atoms with van der Waals surface area (Å²) in [6.07, 6.45) is 6.44. The van der Waals surface area contributed by atoms with Crippen molar-refractivity contribution < 1.29 is 14.5 Å². The van der Waals surface area contributed by atoms with Gasteiger partial charge in [0.1, 0.15) is 5.70 Å². The van der Waals surface area contributed by atoms with Crippen LogP contribution in [0.4, 0.5) is 5.69 Å². The second kappa shape index (κ2) is 10.2. The van der Waals surface area contributed by atoms with Crippen LogP contribution in [0.1, 0.15) is 15.9 Å². The predicted octanol–water partition coefficient (Wildman–Crippen LogP) is 3.22. The van der Waals surface area contributed by atoms with Gasteiger partial charge in [-0.1, -0.05) is 48.6 Å². The van der Waals surface area contributed by atoms with Crippen molar-refractivity contribution in [1.82, 2.24) is 10.6 Å². The SMILES string of the molecule is C=CCNC(=O)/C(=C\C=C\c1ccccc1)NC(=O)c1ccc([N+](=O)[O-])cc1. The molecule has 7 nitrogen and oxygen atoms in total. The Morgan fingerprint density at radius 2 is 1.75 bits per heavy atom. The standard InChI is InChI=1S/C21H19N3O4/c1-2-15-22-21(26)19(10-6-9-16-7-4-3-5-8-16)23-20(25)17-11-13-18(14-12-17)24(27)28/h2-14H,1,15H2,(H,22,26)(H,23,25)/b9-6+,19-10+. The number of non-ortho nitro benzene ring substituents is 1. The van der Waals surface area contributed by atoms with Gasteiger partial charge in [-0.15, -0.1) is 6.58 Å². The number of rotatable bonds is 8. The van der Waals surface area contributed by atoms with Gasteiger partial charge in [0.05, 0.1) is 4.92 Å². The molecule has 0 heterocycles. The van der Waals surface area contributed by atoms with Crippen LogP contribution < -0.4 is 10.6 Å². The molecule has 0 spiro atoms. The minimum absolute atomic E-state index is 0.0392. The zero-order chi connectivity index (χ0) is 20.4. The van der Waals surface area contributed by atoms with Crippen LogP contribution in [-0.2, 0) is 4.79 Å². The van der Waals surface area contributed by atoms with Gasteiger partial charge in [-0.3, -0.25) is 19.7 Å². The van der Waals surface area contributed by atoms with E-state index in [2.05, 4.69) is 17.2 Å². The number of benzene rings is 2. The summed E-state index contributed by atoms with van der Waals surface area (Å²) < 4.78 is 0. The van der Waals surface area contributed by atoms with Crippen LogP contribution in [0.3, 0.4) is 0 Å². The van der Waals surface area contributed by atoms with Crippen molar-refractivity contribution in [2.75, 3.05) is 6.54 Å². The Hall–Kier alpha value is -4.00. The highest BCUT2D eigenvalue weighted by atomic mass is 16.6. The van der Waals surface area contributed by atoms with E-state index >= 15 is 0 Å². The number of allylic oxidation sites excluding steroid dienone is 2. The molecule has 0 fully saturated rings. The minimum atomic E-state index is -0.553. The average molecular weight is 377 g/mol. The first-order chi connectivity index (χ1) is 13.5. The summed E-state index contributed by atoms with van der Waals surface area (Å²) in [6.45, 7) is 3.78. The third-order valence-electron chi connectivity index (χ3n) is 3.59. The first-order valence-electron chi connectivity index (χ1n) is 8.39. The maximum Gasteiger partial charge on any atom is 0.269 e. The lowest BCUT2D eigenvalue weighted by Crippen LogP contribution is -2.34. The summed E-state index contributed by atoms with van der Waals surface area (Å²) in [5, 5.41) is 15.8. The highest BCUT2D eigenvalue weighted by molar-refractivity contribution is 6.03. The molecule has 0 radical (unpaired) electrons. The summed E-state index contributed by atoms with van der Waals surface area (Å²) in [7, 11) is 0. The third kappa shape index (κ3) is 6.06. The van der Waals surface area contributed by atoms with Crippen LogP contribution >= 0.6 is 0 Å². The maximum atomic E-state index is 12.4. The summed E-state index contributed by atoms with van der Waals surface area (Å²) >= 11 is 0. The van der Waals surface area contributed by atoms with Gasteiger partial charge in [0.2, 0.25) is 0 Å². The lowest BCUT2D eigenvalue weighted by molar-refractivity contribution is -0.384. The van der Waals surface area contributed by atoms with Crippen molar-refractivity contribution in [3.8, 4) is 0 Å². The van der Waals surface area contributed by atoms with Crippen LogP contribution in [0.5, 0.6) is 0 Å². The molecule has 2 rings (SSSR count). The highest BCUT2D eigenvalue weighted by Gasteiger charge is 2.14. The summed E-state index contributed by atoms with van der Waals surface area (Å²) in [5.41, 5.74) is 1.05. The van der Waals surface area contributed by atoms with E-state index in [0.29, 0.717) is 0 Å². The molecular formula is C21H19N3O4. The normalized spacial score (nSPS) is 11.1. The highest BCUT2D eigenvalue weighted by Crippen LogP contribution is 2.12. The molecule has 0 bridgehead atoms. The van der Waals surface area contributed by atoms with Crippen LogP contribution in [-0.4, -0.2) is 23.3 Å². The minimum Gasteiger partial charge on any atom is -0.347 e. The summed E-state index contributed by atoms with van der Waals surface area (Å²) in [5.74, 6) is -1.03. The molecule has 142 valence electrons. The van der Waals surface area contributed by atoms with Crippen molar-refractivity contribution in [3.05, 3.63) is 106 Å². The van der Waals surface area contributed by atoms with E-state index in [9.17, 15) is 19.7 Å². The molecule has 0 aliphatic carbocycles. The Morgan fingerprint density at radius 3 is 2.36 bits per heavy atom. The van der Waals surface area contributed by atoms with Crippen molar-refractivity contribution in [2.45, 2.75) is 0 Å². The lowest BCUT2D eigenvalue weighted by Gasteiger charge is -2.09. The van der Waals surface area contributed by atoms with Gasteiger partial charge in [-0.2, -0.15) is 0 Å². The number of nitrogens with one attached hydrogen (secondary N) is 2. The van der Waals surface area contributed by atoms with Crippen LogP contribution in [0.25, 0.3) is 6.08 Å². The zero-order valence-corrected chi connectivity index (χ0v) is 15.0. The molecule has 2 amide bonds. The van der Waals surface area contributed by atoms with Gasteiger partial charge in [-0.05, 0) is 23.8 Å². The van der Waals surface area contributed by atoms with Gasteiger partial charge >= 0.3 is 0 Å². The molecule has 0 aromatic heterocycles. The van der Waals surface area contributed by atoms with Crippen LogP contribution in [0.2, 0.25) is 0 Å². The number of hydrogen-bond donors (Lipinski definition) is 2. The second-order valence-electron chi connectivity index (χ2n) is 5.61.